The van der Waals surface area contributed by atoms with Crippen molar-refractivity contribution >= 4 is 5.91 Å². The first-order valence-electron chi connectivity index (χ1n) is 4.21. The molecule has 0 aliphatic carbocycles. The molecule has 12 heavy (non-hydrogen) atoms. The summed E-state index contributed by atoms with van der Waals surface area (Å²) < 4.78 is 0. The Morgan fingerprint density at radius 3 is 2.08 bits per heavy atom. The smallest absolute Gasteiger partial charge is 0.227 e. The van der Waals surface area contributed by atoms with Gasteiger partial charge in [0, 0.05) is 5.54 Å². The minimum absolute atomic E-state index is 0.0509. The van der Waals surface area contributed by atoms with Crippen LogP contribution in [0.5, 0.6) is 0 Å². The molecule has 0 aromatic heterocycles. The summed E-state index contributed by atoms with van der Waals surface area (Å²) in [5.41, 5.74) is 0.748. The van der Waals surface area contributed by atoms with Crippen molar-refractivity contribution in [2.75, 3.05) is 0 Å². The van der Waals surface area contributed by atoms with E-state index < -0.39 is 0 Å². The highest BCUT2D eigenvalue weighted by Crippen LogP contribution is 2.09. The van der Waals surface area contributed by atoms with E-state index in [0.29, 0.717) is 0 Å². The Bertz CT molecular complexity index is 189. The SMILES string of the molecule is C=C(C)C(C)C(=O)NC(C)(C)C. The van der Waals surface area contributed by atoms with E-state index in [2.05, 4.69) is 11.9 Å². The topological polar surface area (TPSA) is 29.1 Å². The molecule has 1 N–H and O–H groups in total. The Balaban J connectivity index is 4.15. The zero-order chi connectivity index (χ0) is 9.94. The molecular formula is C10H19NO. The molecule has 0 aliphatic rings. The number of amides is 1. The minimum atomic E-state index is -0.152. The first-order chi connectivity index (χ1) is 5.24. The summed E-state index contributed by atoms with van der Waals surface area (Å²) in [5, 5.41) is 2.90. The predicted molar refractivity (Wildman–Crippen MR) is 51.9 cm³/mol. The predicted octanol–water partition coefficient (Wildman–Crippen LogP) is 2.11. The molecule has 0 bridgehead atoms. The van der Waals surface area contributed by atoms with Crippen molar-refractivity contribution in [2.45, 2.75) is 40.2 Å². The Hall–Kier alpha value is -0.790. The third kappa shape index (κ3) is 4.16. The monoisotopic (exact) mass is 169 g/mol. The second kappa shape index (κ2) is 3.74. The zero-order valence-electron chi connectivity index (χ0n) is 8.69. The van der Waals surface area contributed by atoms with Gasteiger partial charge < -0.3 is 5.32 Å². The third-order valence-electron chi connectivity index (χ3n) is 1.63. The van der Waals surface area contributed by atoms with Crippen LogP contribution in [0, 0.1) is 5.92 Å². The van der Waals surface area contributed by atoms with Gasteiger partial charge in [-0.05, 0) is 34.6 Å². The van der Waals surface area contributed by atoms with Gasteiger partial charge in [0.15, 0.2) is 0 Å². The van der Waals surface area contributed by atoms with Crippen LogP contribution in [0.3, 0.4) is 0 Å². The van der Waals surface area contributed by atoms with E-state index in [-0.39, 0.29) is 17.4 Å². The molecule has 0 aromatic rings. The number of rotatable bonds is 2. The lowest BCUT2D eigenvalue weighted by molar-refractivity contribution is -0.124. The van der Waals surface area contributed by atoms with E-state index in [0.717, 1.165) is 5.57 Å². The van der Waals surface area contributed by atoms with Crippen molar-refractivity contribution in [1.82, 2.24) is 5.32 Å². The van der Waals surface area contributed by atoms with Crippen molar-refractivity contribution in [1.29, 1.82) is 0 Å². The van der Waals surface area contributed by atoms with Gasteiger partial charge in [-0.3, -0.25) is 4.79 Å². The van der Waals surface area contributed by atoms with Gasteiger partial charge >= 0.3 is 0 Å². The molecule has 0 saturated carbocycles. The molecule has 0 fully saturated rings. The molecule has 0 rings (SSSR count). The molecule has 0 heterocycles. The number of carbonyl (C=O) groups is 1. The molecule has 2 heteroatoms. The maximum absolute atomic E-state index is 11.4. The van der Waals surface area contributed by atoms with Gasteiger partial charge in [-0.2, -0.15) is 0 Å². The highest BCUT2D eigenvalue weighted by Gasteiger charge is 2.18. The molecule has 70 valence electrons. The maximum atomic E-state index is 11.4. The summed E-state index contributed by atoms with van der Waals surface area (Å²) in [4.78, 5) is 11.4. The van der Waals surface area contributed by atoms with Crippen LogP contribution >= 0.6 is 0 Å². The molecule has 0 spiro atoms. The van der Waals surface area contributed by atoms with Crippen molar-refractivity contribution in [3.63, 3.8) is 0 Å². The van der Waals surface area contributed by atoms with Crippen molar-refractivity contribution in [2.24, 2.45) is 5.92 Å². The fourth-order valence-electron chi connectivity index (χ4n) is 0.702. The number of hydrogen-bond acceptors (Lipinski definition) is 1. The van der Waals surface area contributed by atoms with Crippen LogP contribution in [0.25, 0.3) is 0 Å². The lowest BCUT2D eigenvalue weighted by Gasteiger charge is -2.23. The molecule has 1 atom stereocenters. The fraction of sp³-hybridized carbons (Fsp3) is 0.700. The molecule has 0 aliphatic heterocycles. The summed E-state index contributed by atoms with van der Waals surface area (Å²) >= 11 is 0. The summed E-state index contributed by atoms with van der Waals surface area (Å²) in [6, 6.07) is 0. The van der Waals surface area contributed by atoms with E-state index in [1.54, 1.807) is 0 Å². The molecule has 2 nitrogen and oxygen atoms in total. The van der Waals surface area contributed by atoms with Gasteiger partial charge in [0.05, 0.1) is 5.92 Å². The number of carbonyl (C=O) groups excluding carboxylic acids is 1. The second-order valence-electron chi connectivity index (χ2n) is 4.31. The standard InChI is InChI=1S/C10H19NO/c1-7(2)8(3)9(12)11-10(4,5)6/h8H,1H2,2-6H3,(H,11,12). The lowest BCUT2D eigenvalue weighted by Crippen LogP contribution is -2.43. The lowest BCUT2D eigenvalue weighted by atomic mass is 10.0. The van der Waals surface area contributed by atoms with Crippen molar-refractivity contribution in [3.8, 4) is 0 Å². The van der Waals surface area contributed by atoms with Crippen molar-refractivity contribution in [3.05, 3.63) is 12.2 Å². The van der Waals surface area contributed by atoms with E-state index in [1.165, 1.54) is 0 Å². The van der Waals surface area contributed by atoms with E-state index in [4.69, 9.17) is 0 Å². The van der Waals surface area contributed by atoms with Crippen LogP contribution in [-0.4, -0.2) is 11.4 Å². The average molecular weight is 169 g/mol. The van der Waals surface area contributed by atoms with Crippen LogP contribution in [0.4, 0.5) is 0 Å². The quantitative estimate of drug-likeness (QED) is 0.630. The highest BCUT2D eigenvalue weighted by molar-refractivity contribution is 5.81. The Morgan fingerprint density at radius 1 is 1.42 bits per heavy atom. The molecule has 0 aromatic carbocycles. The summed E-state index contributed by atoms with van der Waals surface area (Å²) in [7, 11) is 0. The maximum Gasteiger partial charge on any atom is 0.227 e. The van der Waals surface area contributed by atoms with Crippen LogP contribution in [0.2, 0.25) is 0 Å². The first-order valence-corrected chi connectivity index (χ1v) is 4.21. The number of nitrogens with one attached hydrogen (secondary N) is 1. The van der Waals surface area contributed by atoms with Crippen LogP contribution in [0.15, 0.2) is 12.2 Å². The Labute approximate surface area is 75.0 Å². The third-order valence-corrected chi connectivity index (χ3v) is 1.63. The van der Waals surface area contributed by atoms with Gasteiger partial charge in [-0.15, -0.1) is 0 Å². The minimum Gasteiger partial charge on any atom is -0.351 e. The van der Waals surface area contributed by atoms with Crippen LogP contribution in [-0.2, 0) is 4.79 Å². The molecule has 0 radical (unpaired) electrons. The fourth-order valence-corrected chi connectivity index (χ4v) is 0.702. The second-order valence-corrected chi connectivity index (χ2v) is 4.31. The van der Waals surface area contributed by atoms with Crippen LogP contribution < -0.4 is 5.32 Å². The molecule has 1 unspecified atom stereocenters. The van der Waals surface area contributed by atoms with Gasteiger partial charge in [0.2, 0.25) is 5.91 Å². The Kier molecular flexibility index (Phi) is 3.50. The average Bonchev–Trinajstić information content (AvgIpc) is 1.82. The van der Waals surface area contributed by atoms with E-state index in [1.807, 2.05) is 34.6 Å². The van der Waals surface area contributed by atoms with Gasteiger partial charge in [0.1, 0.15) is 0 Å². The zero-order valence-corrected chi connectivity index (χ0v) is 8.69. The summed E-state index contributed by atoms with van der Waals surface area (Å²) in [6.07, 6.45) is 0. The van der Waals surface area contributed by atoms with E-state index >= 15 is 0 Å². The summed E-state index contributed by atoms with van der Waals surface area (Å²) in [6.45, 7) is 13.4. The molecule has 0 saturated heterocycles. The normalized spacial score (nSPS) is 13.8. The highest BCUT2D eigenvalue weighted by atomic mass is 16.2. The molecular weight excluding hydrogens is 150 g/mol. The van der Waals surface area contributed by atoms with Gasteiger partial charge in [-0.25, -0.2) is 0 Å². The van der Waals surface area contributed by atoms with E-state index in [9.17, 15) is 4.79 Å². The summed E-state index contributed by atoms with van der Waals surface area (Å²) in [5.74, 6) is -0.0424. The Morgan fingerprint density at radius 2 is 1.83 bits per heavy atom. The van der Waals surface area contributed by atoms with Crippen molar-refractivity contribution < 1.29 is 4.79 Å². The van der Waals surface area contributed by atoms with Crippen LogP contribution in [0.1, 0.15) is 34.6 Å². The van der Waals surface area contributed by atoms with Gasteiger partial charge in [0.25, 0.3) is 0 Å². The van der Waals surface area contributed by atoms with Gasteiger partial charge in [-0.1, -0.05) is 12.2 Å². The largest absolute Gasteiger partial charge is 0.351 e. The first kappa shape index (κ1) is 11.2. The number of hydrogen-bond donors (Lipinski definition) is 1. The molecule has 1 amide bonds.